The smallest absolute Gasteiger partial charge is 0.337 e. The van der Waals surface area contributed by atoms with Gasteiger partial charge < -0.3 is 9.47 Å². The van der Waals surface area contributed by atoms with E-state index in [9.17, 15) is 9.59 Å². The van der Waals surface area contributed by atoms with Crippen molar-refractivity contribution < 1.29 is 19.1 Å². The molecule has 0 saturated carbocycles. The van der Waals surface area contributed by atoms with Gasteiger partial charge in [0.05, 0.1) is 18.2 Å². The lowest BCUT2D eigenvalue weighted by Crippen LogP contribution is -2.35. The van der Waals surface area contributed by atoms with Crippen molar-refractivity contribution >= 4 is 28.8 Å². The third-order valence-corrected chi connectivity index (χ3v) is 4.34. The Balaban J connectivity index is 1.57. The number of hydrogen-bond acceptors (Lipinski definition) is 7. The molecule has 9 heteroatoms. The number of para-hydroxylation sites is 1. The Morgan fingerprint density at radius 3 is 2.61 bits per heavy atom. The number of ether oxygens (including phenoxy) is 2. The van der Waals surface area contributed by atoms with Crippen molar-refractivity contribution in [2.24, 2.45) is 5.10 Å². The summed E-state index contributed by atoms with van der Waals surface area (Å²) in [5.74, 6) is -0.390. The summed E-state index contributed by atoms with van der Waals surface area (Å²) in [7, 11) is 1.32. The molecular weight excluding hydrogens is 362 g/mol. The van der Waals surface area contributed by atoms with E-state index in [1.165, 1.54) is 19.0 Å². The number of amides is 1. The minimum atomic E-state index is -0.655. The van der Waals surface area contributed by atoms with Gasteiger partial charge in [-0.05, 0) is 36.4 Å². The van der Waals surface area contributed by atoms with Crippen LogP contribution in [0.1, 0.15) is 22.8 Å². The van der Waals surface area contributed by atoms with E-state index in [0.29, 0.717) is 17.0 Å². The van der Waals surface area contributed by atoms with Crippen molar-refractivity contribution in [2.45, 2.75) is 19.7 Å². The van der Waals surface area contributed by atoms with Crippen LogP contribution in [-0.2, 0) is 20.8 Å². The molecule has 4 rings (SSSR count). The van der Waals surface area contributed by atoms with Gasteiger partial charge in [-0.2, -0.15) is 5.01 Å². The fourth-order valence-corrected chi connectivity index (χ4v) is 2.95. The topological polar surface area (TPSA) is 98.9 Å². The van der Waals surface area contributed by atoms with Crippen LogP contribution in [0.25, 0.3) is 11.0 Å². The maximum Gasteiger partial charge on any atom is 0.337 e. The third-order valence-electron chi connectivity index (χ3n) is 4.34. The zero-order chi connectivity index (χ0) is 19.7. The first-order chi connectivity index (χ1) is 13.6. The molecule has 1 aliphatic heterocycles. The molecule has 2 heterocycles. The van der Waals surface area contributed by atoms with E-state index in [-0.39, 0.29) is 12.5 Å². The number of fused-ring (bicyclic) bond motifs is 1. The van der Waals surface area contributed by atoms with E-state index in [0.717, 1.165) is 11.0 Å². The average molecular weight is 379 g/mol. The Bertz CT molecular complexity index is 1070. The summed E-state index contributed by atoms with van der Waals surface area (Å²) in [4.78, 5) is 23.6. The molecule has 9 nitrogen and oxygen atoms in total. The first-order valence-corrected chi connectivity index (χ1v) is 8.59. The number of benzene rings is 2. The summed E-state index contributed by atoms with van der Waals surface area (Å²) in [6, 6.07) is 14.2. The molecule has 1 amide bonds. The molecule has 0 N–H and O–H groups in total. The highest BCUT2D eigenvalue weighted by Gasteiger charge is 2.32. The zero-order valence-electron chi connectivity index (χ0n) is 15.3. The molecule has 28 heavy (non-hydrogen) atoms. The summed E-state index contributed by atoms with van der Waals surface area (Å²) in [6.45, 7) is 1.69. The number of aromatic nitrogens is 3. The third kappa shape index (κ3) is 3.18. The Labute approximate surface area is 160 Å². The predicted octanol–water partition coefficient (Wildman–Crippen LogP) is 1.78. The predicted molar refractivity (Wildman–Crippen MR) is 99.2 cm³/mol. The van der Waals surface area contributed by atoms with Gasteiger partial charge in [0.1, 0.15) is 12.1 Å². The van der Waals surface area contributed by atoms with Crippen molar-refractivity contribution in [3.8, 4) is 0 Å². The first kappa shape index (κ1) is 17.7. The lowest BCUT2D eigenvalue weighted by Gasteiger charge is -2.18. The molecule has 0 aliphatic carbocycles. The number of nitrogens with zero attached hydrogens (tertiary/aromatic N) is 5. The molecule has 0 spiro atoms. The summed E-state index contributed by atoms with van der Waals surface area (Å²) in [5, 5.41) is 13.8. The van der Waals surface area contributed by atoms with Crippen molar-refractivity contribution in [2.75, 3.05) is 7.11 Å². The highest BCUT2D eigenvalue weighted by molar-refractivity contribution is 5.97. The van der Waals surface area contributed by atoms with Gasteiger partial charge in [-0.1, -0.05) is 17.3 Å². The SMILES string of the molecule is COC(=O)c1ccc(C2=NN(C(C)=O)C(Cn3nnc4ccccc43)O2)cc1. The lowest BCUT2D eigenvalue weighted by atomic mass is 10.1. The van der Waals surface area contributed by atoms with Crippen LogP contribution in [-0.4, -0.2) is 51.1 Å². The minimum Gasteiger partial charge on any atom is -0.465 e. The van der Waals surface area contributed by atoms with Crippen LogP contribution in [0.15, 0.2) is 53.6 Å². The highest BCUT2D eigenvalue weighted by atomic mass is 16.5. The standard InChI is InChI=1S/C19H17N5O4/c1-12(25)24-17(11-23-16-6-4-3-5-15(16)20-22-23)28-18(21-24)13-7-9-14(10-8-13)19(26)27-2/h3-10,17H,11H2,1-2H3. The Morgan fingerprint density at radius 2 is 1.89 bits per heavy atom. The number of rotatable bonds is 4. The number of carbonyl (C=O) groups is 2. The van der Waals surface area contributed by atoms with E-state index in [4.69, 9.17) is 9.47 Å². The highest BCUT2D eigenvalue weighted by Crippen LogP contribution is 2.21. The second-order valence-electron chi connectivity index (χ2n) is 6.17. The van der Waals surface area contributed by atoms with Crippen LogP contribution in [0.4, 0.5) is 0 Å². The van der Waals surface area contributed by atoms with E-state index >= 15 is 0 Å². The summed E-state index contributed by atoms with van der Waals surface area (Å²) < 4.78 is 12.3. The molecule has 1 aliphatic rings. The number of hydrazone groups is 1. The van der Waals surface area contributed by atoms with Gasteiger partial charge in [-0.3, -0.25) is 4.79 Å². The van der Waals surface area contributed by atoms with Crippen LogP contribution in [0.2, 0.25) is 0 Å². The van der Waals surface area contributed by atoms with Crippen molar-refractivity contribution in [3.05, 3.63) is 59.7 Å². The molecule has 0 radical (unpaired) electrons. The molecule has 1 atom stereocenters. The molecule has 142 valence electrons. The minimum absolute atomic E-state index is 0.254. The number of carbonyl (C=O) groups excluding carboxylic acids is 2. The van der Waals surface area contributed by atoms with Crippen LogP contribution >= 0.6 is 0 Å². The van der Waals surface area contributed by atoms with E-state index in [2.05, 4.69) is 15.4 Å². The molecule has 1 aromatic heterocycles. The Hall–Kier alpha value is -3.75. The van der Waals surface area contributed by atoms with Gasteiger partial charge in [-0.15, -0.1) is 10.2 Å². The van der Waals surface area contributed by atoms with Gasteiger partial charge in [0, 0.05) is 12.5 Å². The number of methoxy groups -OCH3 is 1. The summed E-state index contributed by atoms with van der Waals surface area (Å²) >= 11 is 0. The van der Waals surface area contributed by atoms with Crippen LogP contribution < -0.4 is 0 Å². The number of esters is 1. The zero-order valence-corrected chi connectivity index (χ0v) is 15.3. The Morgan fingerprint density at radius 1 is 1.14 bits per heavy atom. The molecule has 0 bridgehead atoms. The molecule has 1 unspecified atom stereocenters. The lowest BCUT2D eigenvalue weighted by molar-refractivity contribution is -0.135. The fraction of sp³-hybridized carbons (Fsp3) is 0.211. The van der Waals surface area contributed by atoms with Crippen molar-refractivity contribution in [3.63, 3.8) is 0 Å². The van der Waals surface area contributed by atoms with E-state index in [1.54, 1.807) is 28.9 Å². The normalized spacial score (nSPS) is 16.0. The monoisotopic (exact) mass is 379 g/mol. The molecule has 2 aromatic carbocycles. The quantitative estimate of drug-likeness (QED) is 0.641. The maximum atomic E-state index is 12.0. The maximum absolute atomic E-state index is 12.0. The summed E-state index contributed by atoms with van der Waals surface area (Å²) in [6.07, 6.45) is -0.655. The number of hydrogen-bond donors (Lipinski definition) is 0. The van der Waals surface area contributed by atoms with Crippen molar-refractivity contribution in [1.82, 2.24) is 20.0 Å². The fourth-order valence-electron chi connectivity index (χ4n) is 2.95. The average Bonchev–Trinajstić information content (AvgIpc) is 3.33. The Kier molecular flexibility index (Phi) is 4.48. The molecule has 3 aromatic rings. The second-order valence-corrected chi connectivity index (χ2v) is 6.17. The van der Waals surface area contributed by atoms with Crippen LogP contribution in [0, 0.1) is 0 Å². The summed E-state index contributed by atoms with van der Waals surface area (Å²) in [5.41, 5.74) is 2.66. The van der Waals surface area contributed by atoms with Gasteiger partial charge >= 0.3 is 5.97 Å². The van der Waals surface area contributed by atoms with Crippen molar-refractivity contribution in [1.29, 1.82) is 0 Å². The van der Waals surface area contributed by atoms with Gasteiger partial charge in [0.15, 0.2) is 0 Å². The second kappa shape index (κ2) is 7.10. The van der Waals surface area contributed by atoms with Gasteiger partial charge in [0.2, 0.25) is 18.0 Å². The van der Waals surface area contributed by atoms with Crippen LogP contribution in [0.3, 0.4) is 0 Å². The van der Waals surface area contributed by atoms with Crippen LogP contribution in [0.5, 0.6) is 0 Å². The van der Waals surface area contributed by atoms with E-state index < -0.39 is 12.2 Å². The molecule has 0 fully saturated rings. The van der Waals surface area contributed by atoms with Gasteiger partial charge in [-0.25, -0.2) is 9.48 Å². The molecule has 0 saturated heterocycles. The van der Waals surface area contributed by atoms with E-state index in [1.807, 2.05) is 24.3 Å². The largest absolute Gasteiger partial charge is 0.465 e. The first-order valence-electron chi connectivity index (χ1n) is 8.59. The molecular formula is C19H17N5O4. The van der Waals surface area contributed by atoms with Gasteiger partial charge in [0.25, 0.3) is 0 Å².